The highest BCUT2D eigenvalue weighted by molar-refractivity contribution is 5.76. The maximum Gasteiger partial charge on any atom is 0.389 e. The molecule has 1 unspecified atom stereocenters. The van der Waals surface area contributed by atoms with Crippen LogP contribution < -0.4 is 5.32 Å². The molecule has 1 fully saturated rings. The van der Waals surface area contributed by atoms with Crippen LogP contribution in [0.5, 0.6) is 0 Å². The van der Waals surface area contributed by atoms with Gasteiger partial charge in [0.15, 0.2) is 0 Å². The standard InChI is InChI=1S/C11H17F3N2O4/c12-11(13,14)2-1-3-15-10(19)16-4-5-20-7-8(16)6-9(17)18/h8H,1-7H2,(H,15,19)(H,17,18). The van der Waals surface area contributed by atoms with E-state index in [2.05, 4.69) is 5.32 Å². The second kappa shape index (κ2) is 7.32. The summed E-state index contributed by atoms with van der Waals surface area (Å²) in [4.78, 5) is 23.8. The maximum atomic E-state index is 11.9. The average Bonchev–Trinajstić information content (AvgIpc) is 2.33. The minimum absolute atomic E-state index is 0.102. The van der Waals surface area contributed by atoms with E-state index in [1.54, 1.807) is 0 Å². The van der Waals surface area contributed by atoms with E-state index in [9.17, 15) is 22.8 Å². The molecule has 0 aromatic heterocycles. The normalized spacial score (nSPS) is 19.8. The van der Waals surface area contributed by atoms with Crippen molar-refractivity contribution in [2.45, 2.75) is 31.5 Å². The van der Waals surface area contributed by atoms with E-state index in [4.69, 9.17) is 9.84 Å². The maximum absolute atomic E-state index is 11.9. The van der Waals surface area contributed by atoms with Crippen molar-refractivity contribution < 1.29 is 32.6 Å². The molecule has 0 spiro atoms. The van der Waals surface area contributed by atoms with E-state index in [1.165, 1.54) is 4.90 Å². The number of nitrogens with one attached hydrogen (secondary N) is 1. The summed E-state index contributed by atoms with van der Waals surface area (Å²) in [5, 5.41) is 11.1. The third-order valence-corrected chi connectivity index (χ3v) is 2.81. The molecular weight excluding hydrogens is 281 g/mol. The van der Waals surface area contributed by atoms with Crippen LogP contribution in [0.25, 0.3) is 0 Å². The van der Waals surface area contributed by atoms with Crippen molar-refractivity contribution in [3.8, 4) is 0 Å². The van der Waals surface area contributed by atoms with Crippen LogP contribution in [0.15, 0.2) is 0 Å². The second-order valence-electron chi connectivity index (χ2n) is 4.47. The van der Waals surface area contributed by atoms with Crippen LogP contribution in [-0.2, 0) is 9.53 Å². The molecule has 0 radical (unpaired) electrons. The first-order valence-electron chi connectivity index (χ1n) is 6.20. The number of rotatable bonds is 5. The fraction of sp³-hybridized carbons (Fsp3) is 0.818. The smallest absolute Gasteiger partial charge is 0.389 e. The molecule has 1 saturated heterocycles. The van der Waals surface area contributed by atoms with Crippen molar-refractivity contribution in [2.24, 2.45) is 0 Å². The average molecular weight is 298 g/mol. The lowest BCUT2D eigenvalue weighted by Gasteiger charge is -2.34. The van der Waals surface area contributed by atoms with Gasteiger partial charge in [-0.3, -0.25) is 4.79 Å². The van der Waals surface area contributed by atoms with Crippen LogP contribution in [0.3, 0.4) is 0 Å². The number of carbonyl (C=O) groups excluding carboxylic acids is 1. The van der Waals surface area contributed by atoms with Gasteiger partial charge in [-0.1, -0.05) is 0 Å². The first kappa shape index (κ1) is 16.5. The number of urea groups is 1. The van der Waals surface area contributed by atoms with E-state index in [-0.39, 0.29) is 39.1 Å². The Labute approximate surface area is 113 Å². The lowest BCUT2D eigenvalue weighted by atomic mass is 10.1. The molecule has 1 atom stereocenters. The highest BCUT2D eigenvalue weighted by Crippen LogP contribution is 2.20. The Morgan fingerprint density at radius 3 is 2.70 bits per heavy atom. The predicted molar refractivity (Wildman–Crippen MR) is 62.3 cm³/mol. The molecule has 0 aromatic rings. The van der Waals surface area contributed by atoms with Crippen molar-refractivity contribution in [1.82, 2.24) is 10.2 Å². The topological polar surface area (TPSA) is 78.9 Å². The molecule has 1 aliphatic heterocycles. The number of halogens is 3. The Kier molecular flexibility index (Phi) is 6.05. The lowest BCUT2D eigenvalue weighted by Crippen LogP contribution is -2.53. The zero-order valence-electron chi connectivity index (χ0n) is 10.8. The number of hydrogen-bond donors (Lipinski definition) is 2. The Hall–Kier alpha value is -1.51. The monoisotopic (exact) mass is 298 g/mol. The number of alkyl halides is 3. The summed E-state index contributed by atoms with van der Waals surface area (Å²) in [6.07, 6.45) is -5.66. The van der Waals surface area contributed by atoms with E-state index in [0.717, 1.165) is 0 Å². The van der Waals surface area contributed by atoms with Gasteiger partial charge in [0.25, 0.3) is 0 Å². The quantitative estimate of drug-likeness (QED) is 0.748. The van der Waals surface area contributed by atoms with Crippen LogP contribution in [-0.4, -0.2) is 60.5 Å². The first-order valence-corrected chi connectivity index (χ1v) is 6.20. The van der Waals surface area contributed by atoms with Crippen molar-refractivity contribution in [3.63, 3.8) is 0 Å². The zero-order chi connectivity index (χ0) is 15.2. The molecule has 116 valence electrons. The summed E-state index contributed by atoms with van der Waals surface area (Å²) in [7, 11) is 0. The summed E-state index contributed by atoms with van der Waals surface area (Å²) in [5.74, 6) is -1.06. The molecule has 0 aliphatic carbocycles. The molecule has 1 aliphatic rings. The van der Waals surface area contributed by atoms with E-state index in [0.29, 0.717) is 0 Å². The second-order valence-corrected chi connectivity index (χ2v) is 4.47. The summed E-state index contributed by atoms with van der Waals surface area (Å²) >= 11 is 0. The van der Waals surface area contributed by atoms with Crippen LogP contribution in [0.1, 0.15) is 19.3 Å². The molecule has 0 bridgehead atoms. The van der Waals surface area contributed by atoms with Crippen molar-refractivity contribution in [3.05, 3.63) is 0 Å². The highest BCUT2D eigenvalue weighted by Gasteiger charge is 2.29. The molecular formula is C11H17F3N2O4. The van der Waals surface area contributed by atoms with Gasteiger partial charge in [0.05, 0.1) is 25.7 Å². The lowest BCUT2D eigenvalue weighted by molar-refractivity contribution is -0.139. The fourth-order valence-corrected chi connectivity index (χ4v) is 1.88. The number of nitrogens with zero attached hydrogens (tertiary/aromatic N) is 1. The van der Waals surface area contributed by atoms with E-state index < -0.39 is 30.6 Å². The molecule has 2 N–H and O–H groups in total. The highest BCUT2D eigenvalue weighted by atomic mass is 19.4. The number of carboxylic acid groups (broad SMARTS) is 1. The van der Waals surface area contributed by atoms with Gasteiger partial charge in [0.1, 0.15) is 0 Å². The van der Waals surface area contributed by atoms with Gasteiger partial charge >= 0.3 is 18.2 Å². The van der Waals surface area contributed by atoms with Gasteiger partial charge in [-0.15, -0.1) is 0 Å². The number of aliphatic carboxylic acids is 1. The van der Waals surface area contributed by atoms with Gasteiger partial charge in [-0.05, 0) is 6.42 Å². The fourth-order valence-electron chi connectivity index (χ4n) is 1.88. The van der Waals surface area contributed by atoms with Gasteiger partial charge in [-0.25, -0.2) is 4.79 Å². The zero-order valence-corrected chi connectivity index (χ0v) is 10.8. The Bertz CT molecular complexity index is 349. The molecule has 9 heteroatoms. The number of carboxylic acids is 1. The predicted octanol–water partition coefficient (Wildman–Crippen LogP) is 1.21. The number of hydrogen-bond acceptors (Lipinski definition) is 3. The third-order valence-electron chi connectivity index (χ3n) is 2.81. The molecule has 0 saturated carbocycles. The SMILES string of the molecule is O=C(O)CC1COCCN1C(=O)NCCCC(F)(F)F. The molecule has 6 nitrogen and oxygen atoms in total. The van der Waals surface area contributed by atoms with Gasteiger partial charge in [-0.2, -0.15) is 13.2 Å². The van der Waals surface area contributed by atoms with Crippen molar-refractivity contribution in [1.29, 1.82) is 0 Å². The Balaban J connectivity index is 2.37. The number of carbonyl (C=O) groups is 2. The Morgan fingerprint density at radius 1 is 1.40 bits per heavy atom. The first-order chi connectivity index (χ1) is 9.29. The van der Waals surface area contributed by atoms with Gasteiger partial charge < -0.3 is 20.1 Å². The van der Waals surface area contributed by atoms with Crippen LogP contribution in [0.2, 0.25) is 0 Å². The van der Waals surface area contributed by atoms with Crippen LogP contribution in [0, 0.1) is 0 Å². The summed E-state index contributed by atoms with van der Waals surface area (Å²) in [6.45, 7) is 0.521. The molecule has 0 aromatic carbocycles. The van der Waals surface area contributed by atoms with Crippen molar-refractivity contribution in [2.75, 3.05) is 26.3 Å². The van der Waals surface area contributed by atoms with Crippen LogP contribution in [0.4, 0.5) is 18.0 Å². The number of morpholine rings is 1. The van der Waals surface area contributed by atoms with E-state index in [1.807, 2.05) is 0 Å². The Morgan fingerprint density at radius 2 is 2.10 bits per heavy atom. The van der Waals surface area contributed by atoms with Gasteiger partial charge in [0.2, 0.25) is 0 Å². The molecule has 1 heterocycles. The third kappa shape index (κ3) is 6.09. The summed E-state index contributed by atoms with van der Waals surface area (Å²) in [5.41, 5.74) is 0. The molecule has 1 rings (SSSR count). The summed E-state index contributed by atoms with van der Waals surface area (Å²) < 4.78 is 40.9. The number of amides is 2. The molecule has 2 amide bonds. The van der Waals surface area contributed by atoms with Crippen LogP contribution >= 0.6 is 0 Å². The number of ether oxygens (including phenoxy) is 1. The van der Waals surface area contributed by atoms with Gasteiger partial charge in [0, 0.05) is 19.5 Å². The minimum atomic E-state index is -4.24. The summed E-state index contributed by atoms with van der Waals surface area (Å²) in [6, 6.07) is -1.15. The van der Waals surface area contributed by atoms with E-state index >= 15 is 0 Å². The molecule has 20 heavy (non-hydrogen) atoms. The minimum Gasteiger partial charge on any atom is -0.481 e. The largest absolute Gasteiger partial charge is 0.481 e. The van der Waals surface area contributed by atoms with Crippen molar-refractivity contribution >= 4 is 12.0 Å².